The van der Waals surface area contributed by atoms with Gasteiger partial charge in [0.15, 0.2) is 0 Å². The van der Waals surface area contributed by atoms with Gasteiger partial charge < -0.3 is 9.47 Å². The first kappa shape index (κ1) is 31.6. The van der Waals surface area contributed by atoms with Gasteiger partial charge in [0.25, 0.3) is 0 Å². The van der Waals surface area contributed by atoms with Crippen LogP contribution in [0.1, 0.15) is 0 Å². The van der Waals surface area contributed by atoms with E-state index in [2.05, 4.69) is 228 Å². The van der Waals surface area contributed by atoms with Crippen LogP contribution >= 0.6 is 0 Å². The van der Waals surface area contributed by atoms with Crippen molar-refractivity contribution in [2.45, 2.75) is 0 Å². The molecule has 0 saturated carbocycles. The Morgan fingerprint density at radius 2 is 0.833 bits per heavy atom. The Bertz CT molecular complexity index is 2910. The van der Waals surface area contributed by atoms with Crippen molar-refractivity contribution in [3.8, 4) is 39.1 Å². The van der Waals surface area contributed by atoms with E-state index in [-0.39, 0.29) is 0 Å². The zero-order valence-corrected chi connectivity index (χ0v) is 29.7. The Hall–Kier alpha value is -7.16. The molecule has 10 aromatic rings. The Kier molecular flexibility index (Phi) is 7.85. The van der Waals surface area contributed by atoms with Gasteiger partial charge in [0.05, 0.1) is 28.1 Å². The highest BCUT2D eigenvalue weighted by molar-refractivity contribution is 6.18. The number of fused-ring (bicyclic) bond motifs is 4. The van der Waals surface area contributed by atoms with Crippen molar-refractivity contribution in [2.75, 3.05) is 4.90 Å². The summed E-state index contributed by atoms with van der Waals surface area (Å²) in [6, 6.07) is 78.8. The summed E-state index contributed by atoms with van der Waals surface area (Å²) in [7, 11) is 0. The summed E-state index contributed by atoms with van der Waals surface area (Å²) in [5.41, 5.74) is 14.1. The first-order valence-corrected chi connectivity index (χ1v) is 18.5. The second-order valence-electron chi connectivity index (χ2n) is 13.7. The van der Waals surface area contributed by atoms with Gasteiger partial charge in [-0.25, -0.2) is 0 Å². The molecular weight excluding hydrogens is 653 g/mol. The first-order valence-electron chi connectivity index (χ1n) is 18.5. The van der Waals surface area contributed by atoms with E-state index in [1.165, 1.54) is 60.4 Å². The van der Waals surface area contributed by atoms with Crippen LogP contribution in [-0.4, -0.2) is 4.57 Å². The lowest BCUT2D eigenvalue weighted by molar-refractivity contribution is 1.18. The van der Waals surface area contributed by atoms with E-state index in [1.807, 2.05) is 0 Å². The van der Waals surface area contributed by atoms with E-state index in [9.17, 15) is 0 Å². The van der Waals surface area contributed by atoms with Crippen LogP contribution in [-0.2, 0) is 0 Å². The third kappa shape index (κ3) is 5.36. The van der Waals surface area contributed by atoms with Gasteiger partial charge in [0.1, 0.15) is 0 Å². The fourth-order valence-electron chi connectivity index (χ4n) is 8.16. The predicted octanol–water partition coefficient (Wildman–Crippen LogP) is 14.4. The standard InChI is InChI=1S/C52H36N2/c1-4-17-37(18-5-1)38-31-33-40(34-32-38)43-23-12-14-27-47(43)54-48-28-15-13-26-46(48)52-50(29-16-30-51(52)54)53(41-21-8-3-9-22-41)49-36-35-42(39-19-6-2-7-20-39)44-24-10-11-25-45(44)49/h1-36H. The second kappa shape index (κ2) is 13.4. The zero-order valence-electron chi connectivity index (χ0n) is 29.7. The molecule has 0 aliphatic carbocycles. The molecule has 54 heavy (non-hydrogen) atoms. The molecule has 0 bridgehead atoms. The lowest BCUT2D eigenvalue weighted by Crippen LogP contribution is -2.11. The smallest absolute Gasteiger partial charge is 0.0562 e. The van der Waals surface area contributed by atoms with Gasteiger partial charge in [-0.3, -0.25) is 0 Å². The van der Waals surface area contributed by atoms with Crippen molar-refractivity contribution < 1.29 is 0 Å². The quantitative estimate of drug-likeness (QED) is 0.162. The van der Waals surface area contributed by atoms with Gasteiger partial charge >= 0.3 is 0 Å². The number of anilines is 3. The van der Waals surface area contributed by atoms with Gasteiger partial charge in [0.2, 0.25) is 0 Å². The lowest BCUT2D eigenvalue weighted by atomic mass is 9.96. The molecule has 0 N–H and O–H groups in total. The van der Waals surface area contributed by atoms with E-state index in [0.717, 1.165) is 28.3 Å². The fraction of sp³-hybridized carbons (Fsp3) is 0. The Morgan fingerprint density at radius 1 is 0.296 bits per heavy atom. The van der Waals surface area contributed by atoms with E-state index in [4.69, 9.17) is 0 Å². The fourth-order valence-corrected chi connectivity index (χ4v) is 8.16. The van der Waals surface area contributed by atoms with Crippen LogP contribution in [0.4, 0.5) is 17.1 Å². The molecule has 9 aromatic carbocycles. The molecule has 2 heteroatoms. The lowest BCUT2D eigenvalue weighted by Gasteiger charge is -2.28. The van der Waals surface area contributed by atoms with Crippen LogP contribution in [0.15, 0.2) is 218 Å². The minimum absolute atomic E-state index is 1.11. The number of benzene rings is 9. The van der Waals surface area contributed by atoms with Gasteiger partial charge in [-0.15, -0.1) is 0 Å². The summed E-state index contributed by atoms with van der Waals surface area (Å²) < 4.78 is 2.45. The topological polar surface area (TPSA) is 8.17 Å². The molecule has 0 atom stereocenters. The summed E-state index contributed by atoms with van der Waals surface area (Å²) in [6.07, 6.45) is 0. The molecule has 0 amide bonds. The maximum absolute atomic E-state index is 2.45. The van der Waals surface area contributed by atoms with Crippen LogP contribution in [0.5, 0.6) is 0 Å². The van der Waals surface area contributed by atoms with Crippen LogP contribution in [0.2, 0.25) is 0 Å². The molecule has 0 aliphatic heterocycles. The molecule has 0 spiro atoms. The molecule has 1 heterocycles. The van der Waals surface area contributed by atoms with Gasteiger partial charge in [-0.1, -0.05) is 176 Å². The molecule has 254 valence electrons. The third-order valence-corrected chi connectivity index (χ3v) is 10.6. The van der Waals surface area contributed by atoms with E-state index in [0.29, 0.717) is 0 Å². The van der Waals surface area contributed by atoms with Crippen molar-refractivity contribution in [3.05, 3.63) is 218 Å². The molecule has 0 saturated heterocycles. The average molecular weight is 689 g/mol. The molecule has 1 aromatic heterocycles. The molecule has 0 aliphatic rings. The van der Waals surface area contributed by atoms with Crippen molar-refractivity contribution in [1.29, 1.82) is 0 Å². The average Bonchev–Trinajstić information content (AvgIpc) is 3.60. The van der Waals surface area contributed by atoms with Crippen LogP contribution in [0.3, 0.4) is 0 Å². The number of hydrogen-bond donors (Lipinski definition) is 0. The van der Waals surface area contributed by atoms with Crippen molar-refractivity contribution in [3.63, 3.8) is 0 Å². The zero-order chi connectivity index (χ0) is 35.8. The van der Waals surface area contributed by atoms with Crippen molar-refractivity contribution >= 4 is 49.6 Å². The summed E-state index contributed by atoms with van der Waals surface area (Å²) in [4.78, 5) is 2.45. The summed E-state index contributed by atoms with van der Waals surface area (Å²) in [6.45, 7) is 0. The maximum Gasteiger partial charge on any atom is 0.0562 e. The Morgan fingerprint density at radius 3 is 1.59 bits per heavy atom. The van der Waals surface area contributed by atoms with Gasteiger partial charge in [-0.2, -0.15) is 0 Å². The normalized spacial score (nSPS) is 11.3. The third-order valence-electron chi connectivity index (χ3n) is 10.6. The van der Waals surface area contributed by atoms with Crippen LogP contribution in [0.25, 0.3) is 71.6 Å². The van der Waals surface area contributed by atoms with Crippen molar-refractivity contribution in [2.24, 2.45) is 0 Å². The number of aromatic nitrogens is 1. The number of para-hydroxylation sites is 3. The Labute approximate surface area is 315 Å². The number of rotatable bonds is 7. The highest BCUT2D eigenvalue weighted by Crippen LogP contribution is 2.47. The van der Waals surface area contributed by atoms with E-state index >= 15 is 0 Å². The molecule has 0 fully saturated rings. The molecule has 2 nitrogen and oxygen atoms in total. The molecule has 0 radical (unpaired) electrons. The molecular formula is C52H36N2. The maximum atomic E-state index is 2.45. The van der Waals surface area contributed by atoms with Crippen molar-refractivity contribution in [1.82, 2.24) is 4.57 Å². The largest absolute Gasteiger partial charge is 0.309 e. The van der Waals surface area contributed by atoms with Gasteiger partial charge in [0, 0.05) is 27.4 Å². The highest BCUT2D eigenvalue weighted by Gasteiger charge is 2.23. The minimum Gasteiger partial charge on any atom is -0.309 e. The summed E-state index contributed by atoms with van der Waals surface area (Å²) in [5, 5.41) is 4.85. The van der Waals surface area contributed by atoms with E-state index < -0.39 is 0 Å². The molecule has 0 unspecified atom stereocenters. The Balaban J connectivity index is 1.20. The van der Waals surface area contributed by atoms with Gasteiger partial charge in [-0.05, 0) is 75.7 Å². The first-order chi connectivity index (χ1) is 26.8. The highest BCUT2D eigenvalue weighted by atomic mass is 15.1. The number of nitrogens with zero attached hydrogens (tertiary/aromatic N) is 2. The summed E-state index contributed by atoms with van der Waals surface area (Å²) >= 11 is 0. The molecule has 10 rings (SSSR count). The monoisotopic (exact) mass is 688 g/mol. The van der Waals surface area contributed by atoms with Crippen LogP contribution < -0.4 is 4.90 Å². The van der Waals surface area contributed by atoms with Crippen LogP contribution in [0, 0.1) is 0 Å². The van der Waals surface area contributed by atoms with E-state index in [1.54, 1.807) is 0 Å². The predicted molar refractivity (Wildman–Crippen MR) is 229 cm³/mol. The number of hydrogen-bond acceptors (Lipinski definition) is 1. The SMILES string of the molecule is c1ccc(-c2ccc(-c3ccccc3-n3c4ccccc4c4c(N(c5ccccc5)c5ccc(-c6ccccc6)c6ccccc56)cccc43)cc2)cc1. The summed E-state index contributed by atoms with van der Waals surface area (Å²) in [5.74, 6) is 0. The minimum atomic E-state index is 1.11. The second-order valence-corrected chi connectivity index (χ2v) is 13.7.